The van der Waals surface area contributed by atoms with E-state index in [1.807, 2.05) is 13.0 Å². The van der Waals surface area contributed by atoms with Gasteiger partial charge in [0.05, 0.1) is 30.6 Å². The van der Waals surface area contributed by atoms with Gasteiger partial charge in [-0.05, 0) is 76.5 Å². The molecule has 68 heavy (non-hydrogen) atoms. The maximum atomic E-state index is 14.3. The smallest absolute Gasteiger partial charge is 0.409 e. The Morgan fingerprint density at radius 1 is 1.10 bits per heavy atom. The summed E-state index contributed by atoms with van der Waals surface area (Å²) in [6, 6.07) is 2.43. The number of carbonyl (C=O) groups excluding carboxylic acids is 7. The highest BCUT2D eigenvalue weighted by molar-refractivity contribution is 8.00. The Morgan fingerprint density at radius 3 is 2.47 bits per heavy atom. The lowest BCUT2D eigenvalue weighted by Crippen LogP contribution is -2.63. The van der Waals surface area contributed by atoms with Gasteiger partial charge in [0.1, 0.15) is 40.7 Å². The summed E-state index contributed by atoms with van der Waals surface area (Å²) >= 11 is 8.03. The molecule has 4 fully saturated rings. The molecular weight excluding hydrogens is 922 g/mol. The van der Waals surface area contributed by atoms with Gasteiger partial charge in [0, 0.05) is 71.6 Å². The topological polar surface area (TPSA) is 223 Å². The van der Waals surface area contributed by atoms with Crippen molar-refractivity contribution < 1.29 is 62.4 Å². The average Bonchev–Trinajstić information content (AvgIpc) is 3.94. The van der Waals surface area contributed by atoms with Crippen molar-refractivity contribution >= 4 is 70.6 Å². The minimum Gasteiger partial charge on any atom is -0.495 e. The van der Waals surface area contributed by atoms with Crippen molar-refractivity contribution in [1.29, 1.82) is 0 Å². The molecule has 9 atom stereocenters. The predicted molar refractivity (Wildman–Crippen MR) is 253 cm³/mol. The van der Waals surface area contributed by atoms with Crippen LogP contribution in [0.25, 0.3) is 0 Å². The molecule has 4 heterocycles. The number of esters is 1. The number of likely N-dealkylation sites (N-methyl/N-ethyl adjacent to an activating group) is 1. The van der Waals surface area contributed by atoms with Crippen LogP contribution in [0, 0.1) is 17.8 Å². The van der Waals surface area contributed by atoms with Crippen molar-refractivity contribution in [1.82, 2.24) is 20.4 Å². The number of methoxy groups -OCH3 is 2. The van der Waals surface area contributed by atoms with E-state index in [2.05, 4.69) is 10.6 Å². The molecule has 3 saturated heterocycles. The second-order valence-electron chi connectivity index (χ2n) is 18.9. The SMILES string of the molecule is CNC(=O)C1CCC(CN2C(=O)CC(SCCC(=O)N(C)[C@H](C)C(=O)O[C@H]3CC(=O)N(C)c4cc(cc(OC)c4Cl)C/C(C)=C/C=C/[C@@H](OC)[C@@]4(O)CC(OC(=O)N4)[C@@H](C)[C@@H]4OC34C)C2=O)CC1. The molecule has 4 bridgehead atoms. The number of epoxide rings is 1. The number of aliphatic hydroxyl groups is 1. The first-order chi connectivity index (χ1) is 32.1. The number of allylic oxidation sites excluding steroid dienone is 3. The van der Waals surface area contributed by atoms with Gasteiger partial charge in [0.25, 0.3) is 0 Å². The predicted octanol–water partition coefficient (Wildman–Crippen LogP) is 4.32. The van der Waals surface area contributed by atoms with Crippen LogP contribution in [0.2, 0.25) is 5.02 Å². The first-order valence-electron chi connectivity index (χ1n) is 23.2. The monoisotopic (exact) mass is 987 g/mol. The third-order valence-electron chi connectivity index (χ3n) is 14.3. The Morgan fingerprint density at radius 2 is 1.81 bits per heavy atom. The first-order valence-corrected chi connectivity index (χ1v) is 24.6. The van der Waals surface area contributed by atoms with Crippen LogP contribution >= 0.6 is 23.4 Å². The van der Waals surface area contributed by atoms with Gasteiger partial charge in [-0.25, -0.2) is 9.59 Å². The van der Waals surface area contributed by atoms with E-state index in [-0.39, 0.29) is 66.0 Å². The number of carbonyl (C=O) groups is 7. The number of hydrogen-bond donors (Lipinski definition) is 3. The quantitative estimate of drug-likeness (QED) is 0.151. The Bertz CT molecular complexity index is 2180. The fourth-order valence-corrected chi connectivity index (χ4v) is 11.1. The van der Waals surface area contributed by atoms with Crippen LogP contribution in [-0.4, -0.2) is 151 Å². The largest absolute Gasteiger partial charge is 0.495 e. The molecule has 6 rings (SSSR count). The number of thioether (sulfide) groups is 1. The normalized spacial score (nSPS) is 32.7. The number of alkyl carbamates (subject to hydrolysis) is 1. The van der Waals surface area contributed by atoms with Crippen molar-refractivity contribution in [2.75, 3.05) is 52.6 Å². The zero-order valence-corrected chi connectivity index (χ0v) is 41.9. The van der Waals surface area contributed by atoms with Crippen LogP contribution in [0.15, 0.2) is 35.9 Å². The zero-order chi connectivity index (χ0) is 49.8. The highest BCUT2D eigenvalue weighted by Crippen LogP contribution is 2.49. The molecule has 18 nitrogen and oxygen atoms in total. The number of ether oxygens (including phenoxy) is 5. The van der Waals surface area contributed by atoms with Gasteiger partial charge in [0.15, 0.2) is 5.72 Å². The van der Waals surface area contributed by atoms with E-state index in [1.165, 1.54) is 54.7 Å². The summed E-state index contributed by atoms with van der Waals surface area (Å²) in [4.78, 5) is 97.2. The summed E-state index contributed by atoms with van der Waals surface area (Å²) in [5.41, 5.74) is -1.14. The fourth-order valence-electron chi connectivity index (χ4n) is 9.73. The highest BCUT2D eigenvalue weighted by Gasteiger charge is 2.64. The number of nitrogens with one attached hydrogen (secondary N) is 2. The molecule has 0 spiro atoms. The number of nitrogens with zero attached hydrogens (tertiary/aromatic N) is 3. The van der Waals surface area contributed by atoms with Gasteiger partial charge in [-0.1, -0.05) is 42.3 Å². The van der Waals surface area contributed by atoms with E-state index in [9.17, 15) is 38.7 Å². The van der Waals surface area contributed by atoms with Crippen LogP contribution < -0.4 is 20.3 Å². The Balaban J connectivity index is 1.15. The number of fused-ring (bicyclic) bond motifs is 5. The minimum atomic E-state index is -1.87. The molecule has 3 N–H and O–H groups in total. The molecule has 1 aromatic rings. The lowest BCUT2D eigenvalue weighted by molar-refractivity contribution is -0.162. The molecular formula is C48H66ClN5O13S. The van der Waals surface area contributed by atoms with Crippen LogP contribution in [0.4, 0.5) is 10.5 Å². The highest BCUT2D eigenvalue weighted by atomic mass is 35.5. The van der Waals surface area contributed by atoms with E-state index in [0.717, 1.165) is 24.0 Å². The van der Waals surface area contributed by atoms with Gasteiger partial charge in [0.2, 0.25) is 29.5 Å². The van der Waals surface area contributed by atoms with Gasteiger partial charge in [-0.2, -0.15) is 0 Å². The summed E-state index contributed by atoms with van der Waals surface area (Å²) in [6.45, 7) is 7.19. The van der Waals surface area contributed by atoms with E-state index < -0.39 is 76.8 Å². The number of imide groups is 1. The van der Waals surface area contributed by atoms with E-state index in [0.29, 0.717) is 37.2 Å². The molecule has 0 aromatic heterocycles. The summed E-state index contributed by atoms with van der Waals surface area (Å²) in [7, 11) is 7.52. The second-order valence-corrected chi connectivity index (χ2v) is 20.6. The molecule has 3 unspecified atom stereocenters. The third kappa shape index (κ3) is 11.7. The molecule has 20 heteroatoms. The molecule has 4 aliphatic heterocycles. The summed E-state index contributed by atoms with van der Waals surface area (Å²) in [6.07, 6.45) is 3.39. The summed E-state index contributed by atoms with van der Waals surface area (Å²) in [5.74, 6) is -2.17. The van der Waals surface area contributed by atoms with Crippen LogP contribution in [0.3, 0.4) is 0 Å². The van der Waals surface area contributed by atoms with Crippen molar-refractivity contribution in [3.8, 4) is 5.75 Å². The summed E-state index contributed by atoms with van der Waals surface area (Å²) < 4.78 is 29.4. The van der Waals surface area contributed by atoms with Crippen LogP contribution in [0.5, 0.6) is 5.75 Å². The molecule has 1 saturated carbocycles. The minimum absolute atomic E-state index is 0.0137. The second kappa shape index (κ2) is 21.9. The maximum absolute atomic E-state index is 14.3. The van der Waals surface area contributed by atoms with Crippen molar-refractivity contribution in [2.45, 2.75) is 133 Å². The van der Waals surface area contributed by atoms with Crippen molar-refractivity contribution in [3.05, 3.63) is 46.5 Å². The Kier molecular flexibility index (Phi) is 17.0. The van der Waals surface area contributed by atoms with Gasteiger partial charge in [-0.15, -0.1) is 11.8 Å². The molecule has 374 valence electrons. The van der Waals surface area contributed by atoms with E-state index in [1.54, 1.807) is 52.2 Å². The molecule has 1 aliphatic carbocycles. The third-order valence-corrected chi connectivity index (χ3v) is 15.9. The number of rotatable bonds is 12. The average molecular weight is 989 g/mol. The maximum Gasteiger partial charge on any atom is 0.409 e. The van der Waals surface area contributed by atoms with E-state index >= 15 is 0 Å². The number of anilines is 1. The number of likely N-dealkylation sites (tertiary alicyclic amines) is 1. The molecule has 0 radical (unpaired) electrons. The first kappa shape index (κ1) is 52.7. The summed E-state index contributed by atoms with van der Waals surface area (Å²) in [5, 5.41) is 16.6. The Labute approximate surface area is 407 Å². The van der Waals surface area contributed by atoms with Gasteiger partial charge >= 0.3 is 12.1 Å². The van der Waals surface area contributed by atoms with Crippen molar-refractivity contribution in [3.63, 3.8) is 0 Å². The molecule has 1 aromatic carbocycles. The Hall–Kier alpha value is -4.69. The van der Waals surface area contributed by atoms with Gasteiger partial charge in [-0.3, -0.25) is 34.2 Å². The van der Waals surface area contributed by atoms with Gasteiger partial charge < -0.3 is 43.9 Å². The zero-order valence-electron chi connectivity index (χ0n) is 40.3. The fraction of sp³-hybridized carbons (Fsp3) is 0.646. The molecule has 5 aliphatic rings. The standard InChI is InChI=1S/C48H66ClN5O13S/c1-26-11-10-12-36(64-9)48(62)24-34(65-46(61)51-48)27(2)42-47(4,67-42)37(23-39(56)53(7)32-20-30(19-26)21-33(63-8)41(32)49)66-45(60)28(3)52(6)38(55)17-18-68-35-22-40(57)54(44(35)59)25-29-13-15-31(16-14-29)43(58)50-5/h10-12,20-21,27-29,31,34-37,42,62H,13-19,22-25H2,1-9H3,(H,50,58)(H,51,61)/b12-10+,26-11+/t27-,28-,29?,31?,34?,35?,36-,37+,42+,47?,48+/m1/s1. The lowest BCUT2D eigenvalue weighted by Gasteiger charge is -2.42. The molecule has 6 amide bonds. The lowest BCUT2D eigenvalue weighted by atomic mass is 9.81. The van der Waals surface area contributed by atoms with Crippen molar-refractivity contribution in [2.24, 2.45) is 17.8 Å². The number of benzene rings is 1. The van der Waals surface area contributed by atoms with Crippen LogP contribution in [0.1, 0.15) is 84.6 Å². The number of amides is 6. The number of hydrogen-bond acceptors (Lipinski definition) is 14. The van der Waals surface area contributed by atoms with Crippen LogP contribution in [-0.2, 0) is 54.1 Å². The number of halogens is 1. The van der Waals surface area contributed by atoms with E-state index in [4.69, 9.17) is 35.3 Å².